The van der Waals surface area contributed by atoms with Crippen LogP contribution in [0.15, 0.2) is 18.2 Å². The fourth-order valence-electron chi connectivity index (χ4n) is 1.60. The van der Waals surface area contributed by atoms with Gasteiger partial charge in [0.2, 0.25) is 9.05 Å². The molecule has 0 bridgehead atoms. The molecule has 3 nitrogen and oxygen atoms in total. The van der Waals surface area contributed by atoms with E-state index in [1.807, 2.05) is 20.8 Å². The molecule has 0 heterocycles. The molecule has 0 fully saturated rings. The van der Waals surface area contributed by atoms with Gasteiger partial charge in [-0.25, -0.2) is 17.2 Å². The van der Waals surface area contributed by atoms with E-state index in [4.69, 9.17) is 15.4 Å². The van der Waals surface area contributed by atoms with Gasteiger partial charge in [-0.1, -0.05) is 20.8 Å². The monoisotopic (exact) mass is 326 g/mol. The van der Waals surface area contributed by atoms with Crippen molar-refractivity contribution in [2.75, 3.05) is 12.4 Å². The van der Waals surface area contributed by atoms with Crippen LogP contribution in [0, 0.1) is 23.0 Å². The molecule has 1 aromatic carbocycles. The van der Waals surface area contributed by atoms with Gasteiger partial charge < -0.3 is 4.74 Å². The largest absolute Gasteiger partial charge is 0.493 e. The van der Waals surface area contributed by atoms with E-state index in [-0.39, 0.29) is 23.5 Å². The summed E-state index contributed by atoms with van der Waals surface area (Å²) in [5, 5.41) is 0. The Labute approximate surface area is 122 Å². The van der Waals surface area contributed by atoms with Crippen LogP contribution in [0.3, 0.4) is 0 Å². The van der Waals surface area contributed by atoms with E-state index in [1.54, 1.807) is 0 Å². The number of halogens is 3. The van der Waals surface area contributed by atoms with Crippen molar-refractivity contribution in [2.45, 2.75) is 20.8 Å². The van der Waals surface area contributed by atoms with Crippen LogP contribution in [-0.2, 0) is 9.05 Å². The van der Waals surface area contributed by atoms with Crippen molar-refractivity contribution < 1.29 is 21.9 Å². The highest BCUT2D eigenvalue weighted by molar-refractivity contribution is 8.13. The summed E-state index contributed by atoms with van der Waals surface area (Å²) < 4.78 is 53.7. The minimum atomic E-state index is -3.68. The van der Waals surface area contributed by atoms with E-state index >= 15 is 0 Å². The van der Waals surface area contributed by atoms with Gasteiger partial charge in [0.15, 0.2) is 0 Å². The molecule has 7 heteroatoms. The van der Waals surface area contributed by atoms with Crippen molar-refractivity contribution in [3.63, 3.8) is 0 Å². The summed E-state index contributed by atoms with van der Waals surface area (Å²) in [6, 6.07) is 2.81. The second kappa shape index (κ2) is 6.26. The Balaban J connectivity index is 2.81. The highest BCUT2D eigenvalue weighted by atomic mass is 35.7. The maximum atomic E-state index is 13.0. The average molecular weight is 327 g/mol. The van der Waals surface area contributed by atoms with Crippen molar-refractivity contribution in [1.29, 1.82) is 0 Å². The first-order valence-corrected chi connectivity index (χ1v) is 8.46. The predicted octanol–water partition coefficient (Wildman–Crippen LogP) is 3.57. The normalized spacial score (nSPS) is 14.1. The summed E-state index contributed by atoms with van der Waals surface area (Å²) in [5.74, 6) is -2.16. The zero-order valence-corrected chi connectivity index (χ0v) is 13.1. The zero-order valence-electron chi connectivity index (χ0n) is 11.5. The number of ether oxygens (including phenoxy) is 1. The van der Waals surface area contributed by atoms with Crippen LogP contribution in [0.25, 0.3) is 0 Å². The van der Waals surface area contributed by atoms with Gasteiger partial charge in [-0.05, 0) is 5.41 Å². The first-order valence-electron chi connectivity index (χ1n) is 5.98. The summed E-state index contributed by atoms with van der Waals surface area (Å²) in [5.41, 5.74) is -0.381. The van der Waals surface area contributed by atoms with Gasteiger partial charge in [0.05, 0.1) is 12.4 Å². The van der Waals surface area contributed by atoms with Gasteiger partial charge in [0.1, 0.15) is 17.4 Å². The number of hydrogen-bond donors (Lipinski definition) is 0. The minimum Gasteiger partial charge on any atom is -0.493 e. The first kappa shape index (κ1) is 17.2. The highest BCUT2D eigenvalue weighted by Gasteiger charge is 2.29. The van der Waals surface area contributed by atoms with E-state index in [0.717, 1.165) is 18.2 Å². The molecule has 0 saturated carbocycles. The Morgan fingerprint density at radius 2 is 1.70 bits per heavy atom. The third kappa shape index (κ3) is 6.05. The van der Waals surface area contributed by atoms with Crippen LogP contribution in [0.1, 0.15) is 20.8 Å². The van der Waals surface area contributed by atoms with Crippen LogP contribution in [0.5, 0.6) is 5.75 Å². The number of benzene rings is 1. The van der Waals surface area contributed by atoms with Crippen molar-refractivity contribution >= 4 is 19.7 Å². The fraction of sp³-hybridized carbons (Fsp3) is 0.538. The first-order chi connectivity index (χ1) is 8.97. The van der Waals surface area contributed by atoms with Crippen LogP contribution < -0.4 is 4.74 Å². The van der Waals surface area contributed by atoms with Crippen molar-refractivity contribution in [3.05, 3.63) is 29.8 Å². The quantitative estimate of drug-likeness (QED) is 0.777. The lowest BCUT2D eigenvalue weighted by Gasteiger charge is -2.29. The van der Waals surface area contributed by atoms with Crippen molar-refractivity contribution in [3.8, 4) is 5.75 Å². The van der Waals surface area contributed by atoms with Crippen LogP contribution in [0.4, 0.5) is 8.78 Å². The van der Waals surface area contributed by atoms with Crippen LogP contribution in [-0.4, -0.2) is 20.8 Å². The summed E-state index contributed by atoms with van der Waals surface area (Å²) >= 11 is 0. The van der Waals surface area contributed by atoms with E-state index in [0.29, 0.717) is 0 Å². The molecule has 0 aliphatic heterocycles. The van der Waals surface area contributed by atoms with Gasteiger partial charge in [0.25, 0.3) is 0 Å². The summed E-state index contributed by atoms with van der Waals surface area (Å²) in [6.07, 6.45) is 0. The molecule has 1 rings (SSSR count). The SMILES string of the molecule is CC(C)(C)C(COc1cc(F)cc(F)c1)CS(=O)(=O)Cl. The van der Waals surface area contributed by atoms with Crippen molar-refractivity contribution in [1.82, 2.24) is 0 Å². The molecule has 20 heavy (non-hydrogen) atoms. The third-order valence-corrected chi connectivity index (χ3v) is 4.09. The smallest absolute Gasteiger partial charge is 0.233 e. The molecule has 0 spiro atoms. The van der Waals surface area contributed by atoms with E-state index < -0.39 is 26.6 Å². The molecule has 0 saturated heterocycles. The Kier molecular flexibility index (Phi) is 5.38. The maximum absolute atomic E-state index is 13.0. The molecule has 0 aromatic heterocycles. The summed E-state index contributed by atoms with van der Waals surface area (Å²) in [6.45, 7) is 5.53. The summed E-state index contributed by atoms with van der Waals surface area (Å²) in [4.78, 5) is 0. The third-order valence-electron chi connectivity index (χ3n) is 2.91. The molecule has 0 radical (unpaired) electrons. The lowest BCUT2D eigenvalue weighted by atomic mass is 9.82. The molecule has 1 atom stereocenters. The molecule has 1 unspecified atom stereocenters. The molecule has 0 amide bonds. The molecular weight excluding hydrogens is 310 g/mol. The van der Waals surface area contributed by atoms with Gasteiger partial charge >= 0.3 is 0 Å². The maximum Gasteiger partial charge on any atom is 0.233 e. The summed E-state index contributed by atoms with van der Waals surface area (Å²) in [7, 11) is 1.58. The van der Waals surface area contributed by atoms with E-state index in [2.05, 4.69) is 0 Å². The van der Waals surface area contributed by atoms with Gasteiger partial charge in [-0.3, -0.25) is 0 Å². The topological polar surface area (TPSA) is 43.4 Å². The van der Waals surface area contributed by atoms with Crippen LogP contribution in [0.2, 0.25) is 0 Å². The average Bonchev–Trinajstić information content (AvgIpc) is 2.19. The Morgan fingerprint density at radius 3 is 2.10 bits per heavy atom. The zero-order chi connectivity index (χ0) is 15.6. The number of rotatable bonds is 5. The lowest BCUT2D eigenvalue weighted by Crippen LogP contribution is -2.31. The predicted molar refractivity (Wildman–Crippen MR) is 74.4 cm³/mol. The van der Waals surface area contributed by atoms with Gasteiger partial charge in [-0.15, -0.1) is 0 Å². The van der Waals surface area contributed by atoms with Crippen molar-refractivity contribution in [2.24, 2.45) is 11.3 Å². The molecule has 114 valence electrons. The van der Waals surface area contributed by atoms with Gasteiger partial charge in [0, 0.05) is 34.8 Å². The number of hydrogen-bond acceptors (Lipinski definition) is 3. The highest BCUT2D eigenvalue weighted by Crippen LogP contribution is 2.29. The molecule has 0 N–H and O–H groups in total. The lowest BCUT2D eigenvalue weighted by molar-refractivity contribution is 0.163. The molecule has 0 aliphatic rings. The van der Waals surface area contributed by atoms with Crippen LogP contribution >= 0.6 is 10.7 Å². The van der Waals surface area contributed by atoms with Gasteiger partial charge in [-0.2, -0.15) is 0 Å². The second-order valence-electron chi connectivity index (χ2n) is 5.68. The Morgan fingerprint density at radius 1 is 1.20 bits per heavy atom. The van der Waals surface area contributed by atoms with E-state index in [9.17, 15) is 17.2 Å². The fourth-order valence-corrected chi connectivity index (χ4v) is 3.13. The Bertz CT molecular complexity index is 547. The van der Waals surface area contributed by atoms with E-state index in [1.165, 1.54) is 0 Å². The molecular formula is C13H17ClF2O3S. The molecule has 1 aromatic rings. The second-order valence-corrected chi connectivity index (χ2v) is 8.51. The Hall–Kier alpha value is -0.880. The minimum absolute atomic E-state index is 0.00164. The standard InChI is InChI=1S/C13H17ClF2O3S/c1-13(2,3)9(8-20(14,17)18)7-19-12-5-10(15)4-11(16)6-12/h4-6,9H,7-8H2,1-3H3. The molecule has 0 aliphatic carbocycles.